The van der Waals surface area contributed by atoms with Crippen molar-refractivity contribution in [3.63, 3.8) is 0 Å². The van der Waals surface area contributed by atoms with Gasteiger partial charge in [0.05, 0.1) is 23.4 Å². The molecule has 0 aliphatic carbocycles. The molecule has 80 heavy (non-hydrogen) atoms. The number of rotatable bonds is 12. The SMILES string of the molecule is Cc1ccccc1C(=O)Nc1ccc(C(=O)N2CCCC(OP(=O)(O)O)c3cc(Cl)ccc32)c(C)c1.Cc1ccccc1C(=O)Nc1ccc(C(=O)N2CCCC(OP(=O)(OC(C)(C)C)OC(C)(C)C)c3cc(Cl)ccc32)c(C)c1. The fourth-order valence-electron chi connectivity index (χ4n) is 9.48. The number of phosphoric ester groups is 2. The van der Waals surface area contributed by atoms with E-state index in [4.69, 9.17) is 41.3 Å². The Morgan fingerprint density at radius 2 is 0.912 bits per heavy atom. The summed E-state index contributed by atoms with van der Waals surface area (Å²) < 4.78 is 48.6. The second-order valence-corrected chi connectivity index (χ2v) is 25.3. The molecule has 0 fully saturated rings. The van der Waals surface area contributed by atoms with E-state index >= 15 is 0 Å². The van der Waals surface area contributed by atoms with Gasteiger partial charge in [-0.1, -0.05) is 59.6 Å². The van der Waals surface area contributed by atoms with E-state index in [2.05, 4.69) is 10.6 Å². The third kappa shape index (κ3) is 16.1. The number of hydrogen-bond donors (Lipinski definition) is 4. The lowest BCUT2D eigenvalue weighted by molar-refractivity contribution is -0.0125. The van der Waals surface area contributed by atoms with Gasteiger partial charge in [-0.3, -0.25) is 37.3 Å². The number of benzene rings is 6. The quantitative estimate of drug-likeness (QED) is 0.0844. The molecule has 0 saturated carbocycles. The average Bonchev–Trinajstić information content (AvgIpc) is 3.63. The largest absolute Gasteiger partial charge is 0.476 e. The van der Waals surface area contributed by atoms with Gasteiger partial charge in [-0.05, 0) is 202 Å². The Bertz CT molecular complexity index is 3390. The first-order valence-corrected chi connectivity index (χ1v) is 29.8. The maximum Gasteiger partial charge on any atom is 0.476 e. The second-order valence-electron chi connectivity index (χ2n) is 21.7. The zero-order valence-corrected chi connectivity index (χ0v) is 49.8. The van der Waals surface area contributed by atoms with Gasteiger partial charge in [-0.15, -0.1) is 0 Å². The number of hydrogen-bond acceptors (Lipinski definition) is 10. The molecule has 2 aliphatic rings. The van der Waals surface area contributed by atoms with Crippen molar-refractivity contribution in [2.24, 2.45) is 0 Å². The Morgan fingerprint density at radius 1 is 0.525 bits per heavy atom. The van der Waals surface area contributed by atoms with Crippen molar-refractivity contribution >= 4 is 85.2 Å². The van der Waals surface area contributed by atoms with Gasteiger partial charge < -0.3 is 30.2 Å². The van der Waals surface area contributed by atoms with Crippen LogP contribution in [-0.4, -0.2) is 57.7 Å². The van der Waals surface area contributed by atoms with E-state index in [1.54, 1.807) is 149 Å². The van der Waals surface area contributed by atoms with Gasteiger partial charge in [0.1, 0.15) is 0 Å². The summed E-state index contributed by atoms with van der Waals surface area (Å²) in [5.74, 6) is -0.927. The summed E-state index contributed by atoms with van der Waals surface area (Å²) in [6, 6.07) is 35.1. The monoisotopic (exact) mass is 1170 g/mol. The first-order valence-electron chi connectivity index (χ1n) is 26.1. The van der Waals surface area contributed by atoms with Gasteiger partial charge in [0.2, 0.25) is 0 Å². The highest BCUT2D eigenvalue weighted by molar-refractivity contribution is 7.48. The molecule has 6 aromatic rings. The molecule has 6 aromatic carbocycles. The fraction of sp³-hybridized carbons (Fsp3) is 0.333. The zero-order valence-electron chi connectivity index (χ0n) is 46.5. The Hall–Kier alpha value is -6.00. The molecule has 4 amide bonds. The number of anilines is 4. The lowest BCUT2D eigenvalue weighted by Gasteiger charge is -2.33. The predicted octanol–water partition coefficient (Wildman–Crippen LogP) is 15.2. The number of halogens is 2. The first kappa shape index (κ1) is 61.6. The van der Waals surface area contributed by atoms with Crippen LogP contribution in [0.1, 0.15) is 154 Å². The minimum atomic E-state index is -4.76. The van der Waals surface area contributed by atoms with Crippen molar-refractivity contribution < 1.29 is 56.2 Å². The Kier molecular flexibility index (Phi) is 19.6. The van der Waals surface area contributed by atoms with Gasteiger partial charge in [0.15, 0.2) is 0 Å². The van der Waals surface area contributed by atoms with Crippen molar-refractivity contribution in [1.82, 2.24) is 0 Å². The summed E-state index contributed by atoms with van der Waals surface area (Å²) in [7, 11) is -8.81. The number of fused-ring (bicyclic) bond motifs is 2. The molecular weight excluding hydrogens is 1100 g/mol. The standard InChI is InChI=1S/C34H42ClN2O6P.C26H26ClN2O6P/c1-22-12-9-10-13-26(22)31(38)36-25-16-17-27(23(2)20-25)32(39)37-19-11-14-30(28-21-24(35)15-18-29(28)37)41-44(40,42-33(3,4)5)43-34(6,7)8;1-16-6-3-4-7-20(16)25(30)28-19-10-11-21(17(2)14-19)26(31)29-13-5-8-24(35-36(32,33)34)22-15-18(27)9-12-23(22)29/h9-10,12-13,15-18,20-21,30H,11,14,19H2,1-8H3,(H,36,38);3-4,6-7,9-12,14-15,24H,5,8,13H2,1-2H3,(H,28,30)(H2,32,33,34). The van der Waals surface area contributed by atoms with Gasteiger partial charge in [0, 0.05) is 79.3 Å². The number of amides is 4. The number of carbonyl (C=O) groups is 4. The molecule has 0 saturated heterocycles. The highest BCUT2D eigenvalue weighted by Crippen LogP contribution is 2.60. The molecule has 424 valence electrons. The van der Waals surface area contributed by atoms with Gasteiger partial charge in [0.25, 0.3) is 23.6 Å². The van der Waals surface area contributed by atoms with Crippen LogP contribution in [0.25, 0.3) is 0 Å². The Labute approximate surface area is 477 Å². The van der Waals surface area contributed by atoms with E-state index < -0.39 is 39.1 Å². The van der Waals surface area contributed by atoms with Crippen LogP contribution < -0.4 is 20.4 Å². The summed E-state index contributed by atoms with van der Waals surface area (Å²) >= 11 is 12.6. The molecule has 0 radical (unpaired) electrons. The van der Waals surface area contributed by atoms with Crippen molar-refractivity contribution in [3.05, 3.63) is 187 Å². The van der Waals surface area contributed by atoms with E-state index in [1.807, 2.05) is 51.1 Å². The van der Waals surface area contributed by atoms with Crippen molar-refractivity contribution in [2.45, 2.75) is 118 Å². The third-order valence-electron chi connectivity index (χ3n) is 12.9. The highest BCUT2D eigenvalue weighted by Gasteiger charge is 2.42. The van der Waals surface area contributed by atoms with Crippen LogP contribution in [0.5, 0.6) is 0 Å². The minimum Gasteiger partial charge on any atom is -0.322 e. The number of nitrogens with one attached hydrogen (secondary N) is 2. The predicted molar refractivity (Wildman–Crippen MR) is 314 cm³/mol. The molecule has 4 N–H and O–H groups in total. The second kappa shape index (κ2) is 25.4. The van der Waals surface area contributed by atoms with E-state index in [9.17, 15) is 38.1 Å². The molecule has 16 nitrogen and oxygen atoms in total. The maximum atomic E-state index is 14.0. The summed E-state index contributed by atoms with van der Waals surface area (Å²) in [4.78, 5) is 75.2. The Morgan fingerprint density at radius 3 is 1.27 bits per heavy atom. The summed E-state index contributed by atoms with van der Waals surface area (Å²) in [5.41, 5.74) is 6.95. The van der Waals surface area contributed by atoms with Crippen LogP contribution in [0.2, 0.25) is 10.0 Å². The molecule has 2 aliphatic heterocycles. The smallest absolute Gasteiger partial charge is 0.322 e. The lowest BCUT2D eigenvalue weighted by atomic mass is 10.0. The lowest BCUT2D eigenvalue weighted by Crippen LogP contribution is -2.32. The van der Waals surface area contributed by atoms with Gasteiger partial charge in [-0.2, -0.15) is 0 Å². The fourth-order valence-corrected chi connectivity index (χ4v) is 12.4. The molecule has 2 atom stereocenters. The van der Waals surface area contributed by atoms with Crippen LogP contribution in [0.15, 0.2) is 121 Å². The summed E-state index contributed by atoms with van der Waals surface area (Å²) in [5, 5.41) is 6.63. The molecule has 0 bridgehead atoms. The first-order chi connectivity index (χ1) is 37.5. The normalized spacial score (nSPS) is 15.8. The number of phosphoric acid groups is 2. The van der Waals surface area contributed by atoms with E-state index in [-0.39, 0.29) is 23.6 Å². The van der Waals surface area contributed by atoms with Gasteiger partial charge >= 0.3 is 15.6 Å². The van der Waals surface area contributed by atoms with Crippen LogP contribution in [0, 0.1) is 27.7 Å². The molecule has 8 rings (SSSR count). The third-order valence-corrected chi connectivity index (χ3v) is 16.0. The molecule has 0 spiro atoms. The van der Waals surface area contributed by atoms with E-state index in [1.165, 1.54) is 0 Å². The van der Waals surface area contributed by atoms with Crippen LogP contribution in [0.3, 0.4) is 0 Å². The number of carbonyl (C=O) groups excluding carboxylic acids is 4. The van der Waals surface area contributed by atoms with Crippen LogP contribution in [0.4, 0.5) is 22.7 Å². The highest BCUT2D eigenvalue weighted by atomic mass is 35.5. The van der Waals surface area contributed by atoms with Crippen LogP contribution in [-0.2, 0) is 27.2 Å². The van der Waals surface area contributed by atoms with Crippen LogP contribution >= 0.6 is 38.8 Å². The van der Waals surface area contributed by atoms with Crippen molar-refractivity contribution in [2.75, 3.05) is 33.5 Å². The molecule has 20 heteroatoms. The summed E-state index contributed by atoms with van der Waals surface area (Å²) in [6.07, 6.45) is 0.203. The number of aryl methyl sites for hydroxylation is 4. The van der Waals surface area contributed by atoms with E-state index in [0.29, 0.717) is 116 Å². The molecule has 0 aromatic heterocycles. The van der Waals surface area contributed by atoms with Gasteiger partial charge in [-0.25, -0.2) is 9.13 Å². The zero-order chi connectivity index (χ0) is 58.5. The Balaban J connectivity index is 0.000000236. The maximum absolute atomic E-state index is 14.0. The number of nitrogens with zero attached hydrogens (tertiary/aromatic N) is 2. The van der Waals surface area contributed by atoms with Crippen molar-refractivity contribution in [3.8, 4) is 0 Å². The average molecular weight is 1170 g/mol. The van der Waals surface area contributed by atoms with E-state index in [0.717, 1.165) is 11.1 Å². The molecule has 2 unspecified atom stereocenters. The molecule has 2 heterocycles. The molecular formula is C60H68Cl2N4O12P2. The minimum absolute atomic E-state index is 0.205. The summed E-state index contributed by atoms with van der Waals surface area (Å²) in [6.45, 7) is 18.8. The van der Waals surface area contributed by atoms with Crippen molar-refractivity contribution in [1.29, 1.82) is 0 Å². The topological polar surface area (TPSA) is 210 Å².